The molecular formula is C27H19FN4O4. The first-order valence-corrected chi connectivity index (χ1v) is 11.1. The number of hydrazine groups is 1. The number of carbonyl (C=O) groups excluding carboxylic acids is 4. The van der Waals surface area contributed by atoms with Crippen molar-refractivity contribution in [2.45, 2.75) is 12.5 Å². The summed E-state index contributed by atoms with van der Waals surface area (Å²) in [5.41, 5.74) is 2.75. The molecule has 1 aliphatic rings. The highest BCUT2D eigenvalue weighted by Crippen LogP contribution is 2.28. The van der Waals surface area contributed by atoms with E-state index < -0.39 is 41.9 Å². The van der Waals surface area contributed by atoms with E-state index in [9.17, 15) is 23.6 Å². The summed E-state index contributed by atoms with van der Waals surface area (Å²) in [4.78, 5) is 57.6. The third-order valence-electron chi connectivity index (χ3n) is 5.93. The Bertz CT molecular complexity index is 1500. The molecule has 36 heavy (non-hydrogen) atoms. The second-order valence-electron chi connectivity index (χ2n) is 8.12. The van der Waals surface area contributed by atoms with Crippen molar-refractivity contribution in [2.24, 2.45) is 0 Å². The van der Waals surface area contributed by atoms with Gasteiger partial charge in [0.2, 0.25) is 5.91 Å². The van der Waals surface area contributed by atoms with Crippen molar-refractivity contribution in [3.63, 3.8) is 0 Å². The monoisotopic (exact) mass is 482 g/mol. The fourth-order valence-electron chi connectivity index (χ4n) is 4.20. The molecule has 0 aliphatic carbocycles. The summed E-state index contributed by atoms with van der Waals surface area (Å²) < 4.78 is 14.4. The number of amides is 4. The maximum atomic E-state index is 14.4. The van der Waals surface area contributed by atoms with Crippen LogP contribution in [0.4, 0.5) is 10.1 Å². The van der Waals surface area contributed by atoms with Crippen molar-refractivity contribution in [1.29, 1.82) is 0 Å². The Morgan fingerprint density at radius 3 is 2.39 bits per heavy atom. The van der Waals surface area contributed by atoms with Crippen LogP contribution in [0.5, 0.6) is 0 Å². The van der Waals surface area contributed by atoms with E-state index in [2.05, 4.69) is 10.4 Å². The zero-order valence-corrected chi connectivity index (χ0v) is 18.8. The van der Waals surface area contributed by atoms with Crippen molar-refractivity contribution in [1.82, 2.24) is 15.4 Å². The number of imide groups is 1. The molecular weight excluding hydrogens is 463 g/mol. The number of hydrogen-bond donors (Lipinski definition) is 1. The molecule has 8 nitrogen and oxygen atoms in total. The van der Waals surface area contributed by atoms with Gasteiger partial charge in [-0.3, -0.25) is 29.6 Å². The standard InChI is InChI=1S/C27H19FN4O4/c28-21-10-3-4-11-22(21)31-24(33)16-23(27(31)36)32(26(35)18-12-14-29-15-13-18)30-25(34)20-9-5-7-17-6-1-2-8-19(17)20/h1-15,23H,16H2,(H,30,34). The van der Waals surface area contributed by atoms with Crippen LogP contribution in [0.15, 0.2) is 91.3 Å². The molecule has 1 N–H and O–H groups in total. The molecule has 178 valence electrons. The van der Waals surface area contributed by atoms with E-state index in [1.54, 1.807) is 24.3 Å². The predicted molar refractivity (Wildman–Crippen MR) is 129 cm³/mol. The van der Waals surface area contributed by atoms with Gasteiger partial charge >= 0.3 is 0 Å². The SMILES string of the molecule is O=C(NN(C(=O)c1ccncc1)C1CC(=O)N(c2ccccc2F)C1=O)c1cccc2ccccc12. The third kappa shape index (κ3) is 4.07. The normalized spacial score (nSPS) is 15.2. The molecule has 4 amide bonds. The Morgan fingerprint density at radius 2 is 1.61 bits per heavy atom. The Morgan fingerprint density at radius 1 is 0.917 bits per heavy atom. The second kappa shape index (κ2) is 9.38. The van der Waals surface area contributed by atoms with Gasteiger partial charge in [0.25, 0.3) is 17.7 Å². The molecule has 1 saturated heterocycles. The van der Waals surface area contributed by atoms with Crippen LogP contribution in [0.25, 0.3) is 10.8 Å². The topological polar surface area (TPSA) is 99.7 Å². The van der Waals surface area contributed by atoms with E-state index >= 15 is 0 Å². The number of rotatable bonds is 4. The van der Waals surface area contributed by atoms with Gasteiger partial charge in [-0.1, -0.05) is 48.5 Å². The van der Waals surface area contributed by atoms with Crippen LogP contribution in [0, 0.1) is 5.82 Å². The summed E-state index contributed by atoms with van der Waals surface area (Å²) in [7, 11) is 0. The minimum absolute atomic E-state index is 0.146. The van der Waals surface area contributed by atoms with Crippen LogP contribution in [-0.2, 0) is 9.59 Å². The molecule has 3 aromatic carbocycles. The summed E-state index contributed by atoms with van der Waals surface area (Å²) >= 11 is 0. The first kappa shape index (κ1) is 22.9. The van der Waals surface area contributed by atoms with Crippen LogP contribution in [0.3, 0.4) is 0 Å². The van der Waals surface area contributed by atoms with Gasteiger partial charge in [-0.25, -0.2) is 14.3 Å². The number of halogens is 1. The highest BCUT2D eigenvalue weighted by Gasteiger charge is 2.46. The lowest BCUT2D eigenvalue weighted by atomic mass is 10.0. The molecule has 1 fully saturated rings. The number of pyridine rings is 1. The van der Waals surface area contributed by atoms with E-state index in [0.717, 1.165) is 16.5 Å². The van der Waals surface area contributed by atoms with Gasteiger partial charge in [0, 0.05) is 23.5 Å². The van der Waals surface area contributed by atoms with Crippen molar-refractivity contribution in [3.05, 3.63) is 108 Å². The van der Waals surface area contributed by atoms with E-state index in [4.69, 9.17) is 0 Å². The molecule has 0 spiro atoms. The van der Waals surface area contributed by atoms with Gasteiger partial charge in [0.15, 0.2) is 0 Å². The lowest BCUT2D eigenvalue weighted by Crippen LogP contribution is -2.54. The molecule has 9 heteroatoms. The highest BCUT2D eigenvalue weighted by molar-refractivity contribution is 6.23. The van der Waals surface area contributed by atoms with Crippen LogP contribution < -0.4 is 10.3 Å². The molecule has 2 heterocycles. The number of anilines is 1. The van der Waals surface area contributed by atoms with E-state index in [0.29, 0.717) is 10.3 Å². The summed E-state index contributed by atoms with van der Waals surface area (Å²) in [6.45, 7) is 0. The number of hydrogen-bond acceptors (Lipinski definition) is 5. The lowest BCUT2D eigenvalue weighted by molar-refractivity contribution is -0.122. The van der Waals surface area contributed by atoms with Gasteiger partial charge in [-0.15, -0.1) is 0 Å². The summed E-state index contributed by atoms with van der Waals surface area (Å²) in [5, 5.41) is 2.31. The van der Waals surface area contributed by atoms with Gasteiger partial charge in [0.05, 0.1) is 12.1 Å². The van der Waals surface area contributed by atoms with Crippen molar-refractivity contribution in [3.8, 4) is 0 Å². The molecule has 1 unspecified atom stereocenters. The minimum Gasteiger partial charge on any atom is -0.274 e. The molecule has 1 aromatic heterocycles. The number of benzene rings is 3. The quantitative estimate of drug-likeness (QED) is 0.355. The third-order valence-corrected chi connectivity index (χ3v) is 5.93. The van der Waals surface area contributed by atoms with Gasteiger partial charge < -0.3 is 0 Å². The van der Waals surface area contributed by atoms with E-state index in [-0.39, 0.29) is 16.8 Å². The second-order valence-corrected chi connectivity index (χ2v) is 8.12. The summed E-state index contributed by atoms with van der Waals surface area (Å²) in [5.74, 6) is -3.63. The predicted octanol–water partition coefficient (Wildman–Crippen LogP) is 3.49. The highest BCUT2D eigenvalue weighted by atomic mass is 19.1. The van der Waals surface area contributed by atoms with Crippen molar-refractivity contribution >= 4 is 40.1 Å². The average molecular weight is 482 g/mol. The largest absolute Gasteiger partial charge is 0.274 e. The molecule has 0 saturated carbocycles. The minimum atomic E-state index is -1.38. The average Bonchev–Trinajstić information content (AvgIpc) is 3.20. The van der Waals surface area contributed by atoms with Crippen molar-refractivity contribution < 1.29 is 23.6 Å². The molecule has 0 radical (unpaired) electrons. The van der Waals surface area contributed by atoms with Gasteiger partial charge in [-0.2, -0.15) is 0 Å². The maximum Gasteiger partial charge on any atom is 0.273 e. The number of carbonyl (C=O) groups is 4. The summed E-state index contributed by atoms with van der Waals surface area (Å²) in [6.07, 6.45) is 2.36. The van der Waals surface area contributed by atoms with Crippen LogP contribution in [0.2, 0.25) is 0 Å². The first-order chi connectivity index (χ1) is 17.5. The Hall–Kier alpha value is -4.92. The Balaban J connectivity index is 1.52. The first-order valence-electron chi connectivity index (χ1n) is 11.1. The molecule has 5 rings (SSSR count). The number of para-hydroxylation sites is 1. The molecule has 0 bridgehead atoms. The van der Waals surface area contributed by atoms with E-state index in [1.807, 2.05) is 18.2 Å². The van der Waals surface area contributed by atoms with E-state index in [1.165, 1.54) is 42.7 Å². The van der Waals surface area contributed by atoms with Gasteiger partial charge in [0.1, 0.15) is 11.9 Å². The van der Waals surface area contributed by atoms with Crippen LogP contribution >= 0.6 is 0 Å². The fourth-order valence-corrected chi connectivity index (χ4v) is 4.20. The van der Waals surface area contributed by atoms with Crippen LogP contribution in [-0.4, -0.2) is 39.7 Å². The van der Waals surface area contributed by atoms with Crippen molar-refractivity contribution in [2.75, 3.05) is 4.90 Å². The smallest absolute Gasteiger partial charge is 0.273 e. The fraction of sp³-hybridized carbons (Fsp3) is 0.0741. The number of fused-ring (bicyclic) bond motifs is 1. The molecule has 1 aliphatic heterocycles. The van der Waals surface area contributed by atoms with Crippen LogP contribution in [0.1, 0.15) is 27.1 Å². The zero-order valence-electron chi connectivity index (χ0n) is 18.8. The Kier molecular flexibility index (Phi) is 5.95. The number of nitrogens with zero attached hydrogens (tertiary/aromatic N) is 3. The lowest BCUT2D eigenvalue weighted by Gasteiger charge is -2.28. The number of nitrogens with one attached hydrogen (secondary N) is 1. The zero-order chi connectivity index (χ0) is 25.2. The van der Waals surface area contributed by atoms with Gasteiger partial charge in [-0.05, 0) is 41.1 Å². The molecule has 4 aromatic rings. The number of aromatic nitrogens is 1. The molecule has 1 atom stereocenters. The Labute approximate surface area is 204 Å². The maximum absolute atomic E-state index is 14.4. The summed E-state index contributed by atoms with van der Waals surface area (Å²) in [6, 6.07) is 19.2.